The molecule has 3 rings (SSSR count). The Kier molecular flexibility index (Phi) is 4.29. The lowest BCUT2D eigenvalue weighted by Crippen LogP contribution is -2.13. The summed E-state index contributed by atoms with van der Waals surface area (Å²) in [6, 6.07) is 10.2. The van der Waals surface area contributed by atoms with Gasteiger partial charge in [-0.1, -0.05) is 17.7 Å². The van der Waals surface area contributed by atoms with Crippen LogP contribution in [0.1, 0.15) is 12.5 Å². The van der Waals surface area contributed by atoms with Crippen LogP contribution in [0, 0.1) is 6.92 Å². The van der Waals surface area contributed by atoms with Crippen molar-refractivity contribution in [1.82, 2.24) is 13.8 Å². The second-order valence-corrected chi connectivity index (χ2v) is 7.62. The first-order valence-electron chi connectivity index (χ1n) is 7.58. The Morgan fingerprint density at radius 2 is 1.92 bits per heavy atom. The van der Waals surface area contributed by atoms with Crippen molar-refractivity contribution in [3.63, 3.8) is 0 Å². The molecule has 0 saturated heterocycles. The molecule has 0 bridgehead atoms. The molecule has 0 saturated carbocycles. The number of aliphatic hydroxyl groups excluding tert-OH is 1. The normalized spacial score (nSPS) is 13.1. The van der Waals surface area contributed by atoms with Crippen LogP contribution in [0.2, 0.25) is 0 Å². The maximum absolute atomic E-state index is 12.9. The molecule has 1 aromatic carbocycles. The first kappa shape index (κ1) is 16.5. The molecule has 3 aromatic rings. The highest BCUT2D eigenvalue weighted by Crippen LogP contribution is 2.25. The Morgan fingerprint density at radius 1 is 1.21 bits per heavy atom. The molecule has 0 spiro atoms. The van der Waals surface area contributed by atoms with E-state index in [1.165, 1.54) is 10.2 Å². The van der Waals surface area contributed by atoms with Crippen molar-refractivity contribution >= 4 is 10.0 Å². The molecular formula is C17H19N3O3S. The third-order valence-electron chi connectivity index (χ3n) is 3.67. The van der Waals surface area contributed by atoms with Crippen molar-refractivity contribution in [1.29, 1.82) is 0 Å². The zero-order valence-electron chi connectivity index (χ0n) is 13.5. The van der Waals surface area contributed by atoms with Crippen LogP contribution in [0.25, 0.3) is 11.3 Å². The lowest BCUT2D eigenvalue weighted by molar-refractivity contribution is 0.168. The van der Waals surface area contributed by atoms with Crippen LogP contribution < -0.4 is 0 Å². The smallest absolute Gasteiger partial charge is 0.268 e. The average molecular weight is 345 g/mol. The van der Waals surface area contributed by atoms with E-state index in [-0.39, 0.29) is 4.90 Å². The van der Waals surface area contributed by atoms with Gasteiger partial charge in [-0.25, -0.2) is 12.4 Å². The molecule has 2 aromatic heterocycles. The molecule has 126 valence electrons. The molecule has 0 radical (unpaired) electrons. The van der Waals surface area contributed by atoms with Crippen molar-refractivity contribution in [2.45, 2.75) is 31.4 Å². The van der Waals surface area contributed by atoms with Crippen molar-refractivity contribution in [2.75, 3.05) is 0 Å². The van der Waals surface area contributed by atoms with Gasteiger partial charge in [-0.15, -0.1) is 0 Å². The molecule has 2 heterocycles. The number of aromatic nitrogens is 3. The number of aliphatic hydroxyl groups is 1. The molecule has 6 nitrogen and oxygen atoms in total. The van der Waals surface area contributed by atoms with Crippen LogP contribution in [0.4, 0.5) is 0 Å². The summed E-state index contributed by atoms with van der Waals surface area (Å²) in [5.41, 5.74) is 2.21. The molecule has 7 heteroatoms. The summed E-state index contributed by atoms with van der Waals surface area (Å²) in [6.07, 6.45) is 4.32. The van der Waals surface area contributed by atoms with Crippen LogP contribution in [-0.2, 0) is 16.6 Å². The molecule has 0 fully saturated rings. The first-order valence-corrected chi connectivity index (χ1v) is 9.02. The van der Waals surface area contributed by atoms with Gasteiger partial charge in [0.25, 0.3) is 10.0 Å². The van der Waals surface area contributed by atoms with Gasteiger partial charge in [-0.2, -0.15) is 5.10 Å². The highest BCUT2D eigenvalue weighted by atomic mass is 32.2. The third kappa shape index (κ3) is 3.13. The van der Waals surface area contributed by atoms with Crippen LogP contribution in [-0.4, -0.2) is 33.4 Å². The average Bonchev–Trinajstić information content (AvgIpc) is 3.15. The highest BCUT2D eigenvalue weighted by Gasteiger charge is 2.20. The number of hydrogen-bond donors (Lipinski definition) is 1. The summed E-state index contributed by atoms with van der Waals surface area (Å²) in [6.45, 7) is 3.94. The first-order chi connectivity index (χ1) is 11.4. The van der Waals surface area contributed by atoms with Gasteiger partial charge >= 0.3 is 0 Å². The lowest BCUT2D eigenvalue weighted by atomic mass is 10.2. The van der Waals surface area contributed by atoms with E-state index in [0.717, 1.165) is 5.56 Å². The maximum atomic E-state index is 12.9. The number of benzene rings is 1. The van der Waals surface area contributed by atoms with Gasteiger partial charge in [0.2, 0.25) is 0 Å². The van der Waals surface area contributed by atoms with E-state index in [2.05, 4.69) is 5.10 Å². The molecule has 24 heavy (non-hydrogen) atoms. The van der Waals surface area contributed by atoms with Crippen molar-refractivity contribution < 1.29 is 13.5 Å². The van der Waals surface area contributed by atoms with Crippen molar-refractivity contribution in [2.24, 2.45) is 0 Å². The van der Waals surface area contributed by atoms with Crippen molar-refractivity contribution in [3.05, 3.63) is 60.6 Å². The SMILES string of the molecule is Cc1ccc(S(=O)(=O)n2cccc2-c2cnn(C[C@H](C)O)c2)cc1. The van der Waals surface area contributed by atoms with E-state index >= 15 is 0 Å². The van der Waals surface area contributed by atoms with Gasteiger partial charge in [0.05, 0.1) is 29.4 Å². The predicted molar refractivity (Wildman–Crippen MR) is 91.1 cm³/mol. The number of rotatable bonds is 5. The van der Waals surface area contributed by atoms with E-state index in [4.69, 9.17) is 0 Å². The zero-order valence-corrected chi connectivity index (χ0v) is 14.3. The Morgan fingerprint density at radius 3 is 2.58 bits per heavy atom. The van der Waals surface area contributed by atoms with E-state index in [1.807, 2.05) is 6.92 Å². The number of aryl methyl sites for hydroxylation is 1. The van der Waals surface area contributed by atoms with Gasteiger partial charge in [-0.3, -0.25) is 4.68 Å². The zero-order chi connectivity index (χ0) is 17.3. The lowest BCUT2D eigenvalue weighted by Gasteiger charge is -2.10. The van der Waals surface area contributed by atoms with Gasteiger partial charge in [0.15, 0.2) is 0 Å². The minimum absolute atomic E-state index is 0.238. The minimum Gasteiger partial charge on any atom is -0.391 e. The third-order valence-corrected chi connectivity index (χ3v) is 5.38. The number of hydrogen-bond acceptors (Lipinski definition) is 4. The fourth-order valence-electron chi connectivity index (χ4n) is 2.49. The molecule has 1 N–H and O–H groups in total. The Balaban J connectivity index is 2.01. The second-order valence-electron chi connectivity index (χ2n) is 5.81. The Labute approximate surface area is 141 Å². The highest BCUT2D eigenvalue weighted by molar-refractivity contribution is 7.90. The largest absolute Gasteiger partial charge is 0.391 e. The summed E-state index contributed by atoms with van der Waals surface area (Å²) in [5, 5.41) is 13.6. The van der Waals surface area contributed by atoms with E-state index < -0.39 is 16.1 Å². The summed E-state index contributed by atoms with van der Waals surface area (Å²) < 4.78 is 28.6. The van der Waals surface area contributed by atoms with Crippen LogP contribution in [0.15, 0.2) is 59.9 Å². The van der Waals surface area contributed by atoms with Gasteiger partial charge < -0.3 is 5.11 Å². The quantitative estimate of drug-likeness (QED) is 0.769. The van der Waals surface area contributed by atoms with Crippen LogP contribution in [0.3, 0.4) is 0 Å². The van der Waals surface area contributed by atoms with Crippen LogP contribution >= 0.6 is 0 Å². The Bertz CT molecular complexity index is 938. The molecule has 0 aliphatic heterocycles. The maximum Gasteiger partial charge on any atom is 0.268 e. The van der Waals surface area contributed by atoms with E-state index in [1.54, 1.807) is 60.4 Å². The summed E-state index contributed by atoms with van der Waals surface area (Å²) in [4.78, 5) is 0.238. The molecule has 0 unspecified atom stereocenters. The van der Waals surface area contributed by atoms with Crippen LogP contribution in [0.5, 0.6) is 0 Å². The van der Waals surface area contributed by atoms with Gasteiger partial charge in [0.1, 0.15) is 0 Å². The fourth-order valence-corrected chi connectivity index (χ4v) is 3.85. The van der Waals surface area contributed by atoms with Gasteiger partial charge in [-0.05, 0) is 38.1 Å². The summed E-state index contributed by atoms with van der Waals surface area (Å²) >= 11 is 0. The second kappa shape index (κ2) is 6.26. The fraction of sp³-hybridized carbons (Fsp3) is 0.235. The van der Waals surface area contributed by atoms with E-state index in [0.29, 0.717) is 17.8 Å². The number of nitrogens with zero attached hydrogens (tertiary/aromatic N) is 3. The topological polar surface area (TPSA) is 77.1 Å². The molecule has 0 aliphatic carbocycles. The molecule has 0 amide bonds. The standard InChI is InChI=1S/C17H19N3O3S/c1-13-5-7-16(8-6-13)24(22,23)20-9-3-4-17(20)15-10-18-19(12-15)11-14(2)21/h3-10,12,14,21H,11H2,1-2H3/t14-/m0/s1. The predicted octanol–water partition coefficient (Wildman–Crippen LogP) is 2.28. The van der Waals surface area contributed by atoms with E-state index in [9.17, 15) is 13.5 Å². The van der Waals surface area contributed by atoms with Crippen molar-refractivity contribution in [3.8, 4) is 11.3 Å². The monoisotopic (exact) mass is 345 g/mol. The molecule has 1 atom stereocenters. The summed E-state index contributed by atoms with van der Waals surface area (Å²) in [7, 11) is -3.67. The molecular weight excluding hydrogens is 326 g/mol. The summed E-state index contributed by atoms with van der Waals surface area (Å²) in [5.74, 6) is 0. The molecule has 0 aliphatic rings. The Hall–Kier alpha value is -2.38. The van der Waals surface area contributed by atoms with Gasteiger partial charge in [0, 0.05) is 18.0 Å². The minimum atomic E-state index is -3.67.